The fourth-order valence-corrected chi connectivity index (χ4v) is 3.65. The van der Waals surface area contributed by atoms with Crippen LogP contribution in [0.4, 0.5) is 0 Å². The van der Waals surface area contributed by atoms with Gasteiger partial charge in [0.25, 0.3) is 0 Å². The molecular formula is C12H14N2O5S. The second-order valence-electron chi connectivity index (χ2n) is 4.55. The van der Waals surface area contributed by atoms with Gasteiger partial charge >= 0.3 is 0 Å². The number of para-hydroxylation sites is 1. The lowest BCUT2D eigenvalue weighted by Crippen LogP contribution is -2.27. The van der Waals surface area contributed by atoms with E-state index in [9.17, 15) is 23.4 Å². The summed E-state index contributed by atoms with van der Waals surface area (Å²) in [5, 5.41) is 22.4. The summed E-state index contributed by atoms with van der Waals surface area (Å²) in [5.74, 6) is -1.83. The Bertz CT molecular complexity index is 654. The summed E-state index contributed by atoms with van der Waals surface area (Å²) in [6.45, 7) is 0. The highest BCUT2D eigenvalue weighted by Crippen LogP contribution is 2.26. The average molecular weight is 298 g/mol. The maximum Gasteiger partial charge on any atom is 0.244 e. The molecule has 1 aromatic carbocycles. The van der Waals surface area contributed by atoms with Gasteiger partial charge in [0.2, 0.25) is 5.91 Å². The van der Waals surface area contributed by atoms with E-state index in [-0.39, 0.29) is 28.6 Å². The summed E-state index contributed by atoms with van der Waals surface area (Å²) in [4.78, 5) is 11.7. The number of carbonyl (C=O) groups is 1. The summed E-state index contributed by atoms with van der Waals surface area (Å²) in [5.41, 5.74) is 2.47. The third-order valence-electron chi connectivity index (χ3n) is 3.03. The molecule has 0 spiro atoms. The minimum atomic E-state index is -3.12. The van der Waals surface area contributed by atoms with Crippen LogP contribution in [0.5, 0.6) is 11.5 Å². The molecule has 2 rings (SSSR count). The van der Waals surface area contributed by atoms with E-state index in [1.54, 1.807) is 0 Å². The molecule has 0 aromatic heterocycles. The van der Waals surface area contributed by atoms with Crippen molar-refractivity contribution in [2.45, 2.75) is 6.42 Å². The molecule has 1 aliphatic rings. The zero-order valence-corrected chi connectivity index (χ0v) is 11.3. The van der Waals surface area contributed by atoms with Gasteiger partial charge in [-0.25, -0.2) is 13.8 Å². The van der Waals surface area contributed by atoms with Crippen molar-refractivity contribution in [3.63, 3.8) is 0 Å². The van der Waals surface area contributed by atoms with Crippen molar-refractivity contribution in [1.29, 1.82) is 0 Å². The summed E-state index contributed by atoms with van der Waals surface area (Å²) < 4.78 is 22.5. The zero-order valence-electron chi connectivity index (χ0n) is 10.5. The maximum absolute atomic E-state index is 11.7. The Morgan fingerprint density at radius 2 is 2.15 bits per heavy atom. The molecule has 1 saturated heterocycles. The molecule has 1 amide bonds. The van der Waals surface area contributed by atoms with Crippen molar-refractivity contribution in [3.8, 4) is 11.5 Å². The number of benzene rings is 1. The molecule has 20 heavy (non-hydrogen) atoms. The van der Waals surface area contributed by atoms with Gasteiger partial charge in [0.1, 0.15) is 0 Å². The van der Waals surface area contributed by atoms with E-state index < -0.39 is 21.7 Å². The number of phenols is 2. The second kappa shape index (κ2) is 5.49. The van der Waals surface area contributed by atoms with Crippen LogP contribution in [0.3, 0.4) is 0 Å². The molecule has 108 valence electrons. The van der Waals surface area contributed by atoms with Crippen molar-refractivity contribution in [2.75, 3.05) is 11.5 Å². The van der Waals surface area contributed by atoms with E-state index in [4.69, 9.17) is 0 Å². The van der Waals surface area contributed by atoms with E-state index in [2.05, 4.69) is 10.5 Å². The Morgan fingerprint density at radius 1 is 1.40 bits per heavy atom. The molecule has 3 N–H and O–H groups in total. The summed E-state index contributed by atoms with van der Waals surface area (Å²) >= 11 is 0. The van der Waals surface area contributed by atoms with Crippen molar-refractivity contribution in [3.05, 3.63) is 23.8 Å². The Balaban J connectivity index is 1.97. The van der Waals surface area contributed by atoms with Crippen LogP contribution in [0, 0.1) is 5.92 Å². The van der Waals surface area contributed by atoms with Crippen molar-refractivity contribution < 1.29 is 23.4 Å². The van der Waals surface area contributed by atoms with Crippen molar-refractivity contribution >= 4 is 22.0 Å². The van der Waals surface area contributed by atoms with Crippen LogP contribution >= 0.6 is 0 Å². The van der Waals surface area contributed by atoms with Gasteiger partial charge in [0.15, 0.2) is 21.3 Å². The minimum Gasteiger partial charge on any atom is -0.504 e. The van der Waals surface area contributed by atoms with Gasteiger partial charge in [-0.15, -0.1) is 0 Å². The van der Waals surface area contributed by atoms with Crippen LogP contribution in [0.15, 0.2) is 23.3 Å². The smallest absolute Gasteiger partial charge is 0.244 e. The van der Waals surface area contributed by atoms with E-state index in [1.807, 2.05) is 0 Å². The third-order valence-corrected chi connectivity index (χ3v) is 4.80. The molecule has 1 aliphatic heterocycles. The lowest BCUT2D eigenvalue weighted by molar-refractivity contribution is -0.124. The van der Waals surface area contributed by atoms with E-state index in [1.165, 1.54) is 24.4 Å². The summed E-state index contributed by atoms with van der Waals surface area (Å²) in [6.07, 6.45) is 1.47. The number of nitrogens with one attached hydrogen (secondary N) is 1. The molecule has 0 saturated carbocycles. The lowest BCUT2D eigenvalue weighted by Gasteiger charge is -2.05. The van der Waals surface area contributed by atoms with E-state index >= 15 is 0 Å². The fourth-order valence-electron chi connectivity index (χ4n) is 1.91. The molecule has 1 atom stereocenters. The highest BCUT2D eigenvalue weighted by atomic mass is 32.2. The third kappa shape index (κ3) is 3.27. The van der Waals surface area contributed by atoms with Gasteiger partial charge in [0, 0.05) is 5.56 Å². The molecule has 8 heteroatoms. The SMILES string of the molecule is O=C(N/N=C/c1cccc(O)c1O)[C@H]1CCS(=O)(=O)C1. The first-order chi connectivity index (χ1) is 9.39. The molecule has 0 radical (unpaired) electrons. The predicted octanol–water partition coefficient (Wildman–Crippen LogP) is -0.0174. The number of hydrazone groups is 1. The Labute approximate surface area is 115 Å². The Kier molecular flexibility index (Phi) is 3.93. The average Bonchev–Trinajstić information content (AvgIpc) is 2.75. The van der Waals surface area contributed by atoms with Crippen molar-refractivity contribution in [2.24, 2.45) is 11.0 Å². The number of hydrogen-bond donors (Lipinski definition) is 3. The van der Waals surface area contributed by atoms with Crippen LogP contribution in [-0.2, 0) is 14.6 Å². The zero-order chi connectivity index (χ0) is 14.8. The van der Waals surface area contributed by atoms with Gasteiger partial charge in [-0.2, -0.15) is 5.10 Å². The van der Waals surface area contributed by atoms with Gasteiger partial charge in [-0.3, -0.25) is 4.79 Å². The van der Waals surface area contributed by atoms with E-state index in [0.717, 1.165) is 0 Å². The van der Waals surface area contributed by atoms with Gasteiger partial charge in [-0.1, -0.05) is 6.07 Å². The summed E-state index contributed by atoms with van der Waals surface area (Å²) in [7, 11) is -3.12. The molecular weight excluding hydrogens is 284 g/mol. The Morgan fingerprint density at radius 3 is 2.80 bits per heavy atom. The summed E-state index contributed by atoms with van der Waals surface area (Å²) in [6, 6.07) is 4.33. The van der Waals surface area contributed by atoms with Crippen LogP contribution in [0.1, 0.15) is 12.0 Å². The number of aromatic hydroxyl groups is 2. The first kappa shape index (κ1) is 14.3. The van der Waals surface area contributed by atoms with Crippen LogP contribution < -0.4 is 5.43 Å². The maximum atomic E-state index is 11.7. The lowest BCUT2D eigenvalue weighted by atomic mass is 10.1. The molecule has 1 aromatic rings. The Hall–Kier alpha value is -2.09. The van der Waals surface area contributed by atoms with E-state index in [0.29, 0.717) is 6.42 Å². The number of phenolic OH excluding ortho intramolecular Hbond substituents is 2. The number of amides is 1. The molecule has 0 unspecified atom stereocenters. The minimum absolute atomic E-state index is 0.0160. The largest absolute Gasteiger partial charge is 0.504 e. The molecule has 0 bridgehead atoms. The molecule has 7 nitrogen and oxygen atoms in total. The quantitative estimate of drug-likeness (QED) is 0.412. The standard InChI is InChI=1S/C12H14N2O5S/c15-10-3-1-2-8(11(10)16)6-13-14-12(17)9-4-5-20(18,19)7-9/h1-3,6,9,15-16H,4-5,7H2,(H,14,17)/b13-6+/t9-/m0/s1. The number of sulfone groups is 1. The van der Waals surface area contributed by atoms with Crippen molar-refractivity contribution in [1.82, 2.24) is 5.43 Å². The van der Waals surface area contributed by atoms with Gasteiger partial charge in [-0.05, 0) is 18.6 Å². The second-order valence-corrected chi connectivity index (χ2v) is 6.78. The highest BCUT2D eigenvalue weighted by molar-refractivity contribution is 7.91. The topological polar surface area (TPSA) is 116 Å². The molecule has 1 heterocycles. The number of carbonyl (C=O) groups excluding carboxylic acids is 1. The van der Waals surface area contributed by atoms with Crippen LogP contribution in [0.25, 0.3) is 0 Å². The molecule has 1 fully saturated rings. The molecule has 0 aliphatic carbocycles. The number of rotatable bonds is 3. The highest BCUT2D eigenvalue weighted by Gasteiger charge is 2.32. The first-order valence-corrected chi connectivity index (χ1v) is 7.75. The van der Waals surface area contributed by atoms with Gasteiger partial charge in [0.05, 0.1) is 23.6 Å². The first-order valence-electron chi connectivity index (χ1n) is 5.93. The number of nitrogens with zero attached hydrogens (tertiary/aromatic N) is 1. The van der Waals surface area contributed by atoms with Gasteiger partial charge < -0.3 is 10.2 Å². The number of hydrogen-bond acceptors (Lipinski definition) is 6. The monoisotopic (exact) mass is 298 g/mol. The fraction of sp³-hybridized carbons (Fsp3) is 0.333. The normalized spacial score (nSPS) is 21.1. The predicted molar refractivity (Wildman–Crippen MR) is 72.3 cm³/mol. The van der Waals surface area contributed by atoms with Crippen LogP contribution in [0.2, 0.25) is 0 Å². The van der Waals surface area contributed by atoms with Crippen LogP contribution in [-0.4, -0.2) is 42.3 Å².